The van der Waals surface area contributed by atoms with Gasteiger partial charge >= 0.3 is 6.18 Å². The van der Waals surface area contributed by atoms with E-state index in [1.807, 2.05) is 0 Å². The van der Waals surface area contributed by atoms with Crippen molar-refractivity contribution in [3.05, 3.63) is 53.3 Å². The van der Waals surface area contributed by atoms with Crippen molar-refractivity contribution in [2.24, 2.45) is 0 Å². The minimum Gasteiger partial charge on any atom is -0.265 e. The second kappa shape index (κ2) is 4.37. The molecule has 0 saturated heterocycles. The van der Waals surface area contributed by atoms with E-state index in [1.165, 1.54) is 6.07 Å². The first kappa shape index (κ1) is 11.9. The summed E-state index contributed by atoms with van der Waals surface area (Å²) in [5, 5.41) is 0.0750. The Balaban J connectivity index is 2.46. The molecule has 1 aromatic heterocycles. The molecule has 0 bridgehead atoms. The van der Waals surface area contributed by atoms with E-state index in [4.69, 9.17) is 11.6 Å². The highest BCUT2D eigenvalue weighted by Gasteiger charge is 2.30. The number of benzene rings is 1. The van der Waals surface area contributed by atoms with Crippen LogP contribution in [0, 0.1) is 0 Å². The smallest absolute Gasteiger partial charge is 0.265 e. The van der Waals surface area contributed by atoms with E-state index < -0.39 is 11.7 Å². The minimum atomic E-state index is -4.37. The standard InChI is InChI=1S/C12H7ClF3N/c13-11-7-9(12(14,15)16)1-2-10(11)8-3-5-17-6-4-8/h1-7H. The number of nitrogens with zero attached hydrogens (tertiary/aromatic N) is 1. The monoisotopic (exact) mass is 257 g/mol. The number of rotatable bonds is 1. The van der Waals surface area contributed by atoms with Crippen molar-refractivity contribution in [1.29, 1.82) is 0 Å². The molecule has 88 valence electrons. The van der Waals surface area contributed by atoms with Gasteiger partial charge in [-0.15, -0.1) is 0 Å². The second-order valence-electron chi connectivity index (χ2n) is 3.43. The lowest BCUT2D eigenvalue weighted by Crippen LogP contribution is -2.04. The summed E-state index contributed by atoms with van der Waals surface area (Å²) in [6.45, 7) is 0. The summed E-state index contributed by atoms with van der Waals surface area (Å²) in [4.78, 5) is 3.83. The Labute approximate surface area is 101 Å². The van der Waals surface area contributed by atoms with E-state index in [0.717, 1.165) is 17.7 Å². The van der Waals surface area contributed by atoms with Gasteiger partial charge in [-0.05, 0) is 29.8 Å². The van der Waals surface area contributed by atoms with Crippen molar-refractivity contribution in [2.45, 2.75) is 6.18 Å². The summed E-state index contributed by atoms with van der Waals surface area (Å²) < 4.78 is 37.3. The quantitative estimate of drug-likeness (QED) is 0.737. The van der Waals surface area contributed by atoms with Crippen LogP contribution in [0.5, 0.6) is 0 Å². The molecule has 0 spiro atoms. The molecule has 0 unspecified atom stereocenters. The minimum absolute atomic E-state index is 0.0750. The van der Waals surface area contributed by atoms with Gasteiger partial charge in [-0.2, -0.15) is 13.2 Å². The summed E-state index contributed by atoms with van der Waals surface area (Å²) in [6.07, 6.45) is -1.26. The Morgan fingerprint density at radius 2 is 1.65 bits per heavy atom. The lowest BCUT2D eigenvalue weighted by molar-refractivity contribution is -0.137. The van der Waals surface area contributed by atoms with Crippen molar-refractivity contribution in [3.8, 4) is 11.1 Å². The Kier molecular flexibility index (Phi) is 3.07. The molecule has 5 heteroatoms. The highest BCUT2D eigenvalue weighted by molar-refractivity contribution is 6.33. The Morgan fingerprint density at radius 3 is 2.18 bits per heavy atom. The molecule has 17 heavy (non-hydrogen) atoms. The lowest BCUT2D eigenvalue weighted by Gasteiger charge is -2.09. The van der Waals surface area contributed by atoms with Crippen LogP contribution in [0.1, 0.15) is 5.56 Å². The average Bonchev–Trinajstić information content (AvgIpc) is 2.29. The molecule has 0 radical (unpaired) electrons. The van der Waals surface area contributed by atoms with E-state index in [9.17, 15) is 13.2 Å². The molecular formula is C12H7ClF3N. The third kappa shape index (κ3) is 2.58. The predicted octanol–water partition coefficient (Wildman–Crippen LogP) is 4.42. The molecule has 0 amide bonds. The maximum absolute atomic E-state index is 12.4. The van der Waals surface area contributed by atoms with Crippen LogP contribution in [0.4, 0.5) is 13.2 Å². The molecule has 0 saturated carbocycles. The zero-order chi connectivity index (χ0) is 12.5. The summed E-state index contributed by atoms with van der Waals surface area (Å²) in [6, 6.07) is 6.68. The number of hydrogen-bond acceptors (Lipinski definition) is 1. The van der Waals surface area contributed by atoms with Crippen molar-refractivity contribution in [1.82, 2.24) is 4.98 Å². The fourth-order valence-corrected chi connectivity index (χ4v) is 1.75. The van der Waals surface area contributed by atoms with Crippen LogP contribution in [0.3, 0.4) is 0 Å². The van der Waals surface area contributed by atoms with Gasteiger partial charge in [-0.1, -0.05) is 17.7 Å². The number of halogens is 4. The van der Waals surface area contributed by atoms with Crippen LogP contribution in [-0.4, -0.2) is 4.98 Å². The number of hydrogen-bond donors (Lipinski definition) is 0. The average molecular weight is 258 g/mol. The summed E-state index contributed by atoms with van der Waals surface area (Å²) in [5.41, 5.74) is 0.543. The van der Waals surface area contributed by atoms with Crippen LogP contribution in [0.2, 0.25) is 5.02 Å². The zero-order valence-electron chi connectivity index (χ0n) is 8.50. The molecule has 0 aliphatic heterocycles. The van der Waals surface area contributed by atoms with E-state index in [1.54, 1.807) is 24.5 Å². The van der Waals surface area contributed by atoms with E-state index in [0.29, 0.717) is 5.56 Å². The number of aromatic nitrogens is 1. The van der Waals surface area contributed by atoms with Gasteiger partial charge < -0.3 is 0 Å². The first-order valence-electron chi connectivity index (χ1n) is 4.75. The molecule has 0 aliphatic rings. The van der Waals surface area contributed by atoms with Gasteiger partial charge in [-0.3, -0.25) is 4.98 Å². The molecule has 0 aliphatic carbocycles. The summed E-state index contributed by atoms with van der Waals surface area (Å²) in [7, 11) is 0. The van der Waals surface area contributed by atoms with Gasteiger partial charge in [0.15, 0.2) is 0 Å². The predicted molar refractivity (Wildman–Crippen MR) is 59.7 cm³/mol. The highest BCUT2D eigenvalue weighted by Crippen LogP contribution is 2.35. The topological polar surface area (TPSA) is 12.9 Å². The molecule has 0 N–H and O–H groups in total. The molecular weight excluding hydrogens is 251 g/mol. The number of alkyl halides is 3. The van der Waals surface area contributed by atoms with Crippen molar-refractivity contribution in [3.63, 3.8) is 0 Å². The fourth-order valence-electron chi connectivity index (χ4n) is 1.46. The molecule has 1 nitrogen and oxygen atoms in total. The third-order valence-electron chi connectivity index (χ3n) is 2.29. The van der Waals surface area contributed by atoms with Gasteiger partial charge in [0.05, 0.1) is 5.56 Å². The van der Waals surface area contributed by atoms with Crippen LogP contribution in [0.15, 0.2) is 42.7 Å². The number of pyridine rings is 1. The first-order chi connectivity index (χ1) is 7.98. The van der Waals surface area contributed by atoms with Crippen LogP contribution < -0.4 is 0 Å². The molecule has 2 aromatic rings. The van der Waals surface area contributed by atoms with E-state index in [2.05, 4.69) is 4.98 Å². The van der Waals surface area contributed by atoms with Crippen molar-refractivity contribution >= 4 is 11.6 Å². The maximum atomic E-state index is 12.4. The molecule has 1 aromatic carbocycles. The Morgan fingerprint density at radius 1 is 1.00 bits per heavy atom. The molecule has 0 atom stereocenters. The van der Waals surface area contributed by atoms with Crippen LogP contribution in [-0.2, 0) is 6.18 Å². The Bertz CT molecular complexity index is 523. The van der Waals surface area contributed by atoms with Crippen molar-refractivity contribution in [2.75, 3.05) is 0 Å². The van der Waals surface area contributed by atoms with Gasteiger partial charge in [0.1, 0.15) is 0 Å². The molecule has 2 rings (SSSR count). The highest BCUT2D eigenvalue weighted by atomic mass is 35.5. The van der Waals surface area contributed by atoms with Gasteiger partial charge in [0.2, 0.25) is 0 Å². The first-order valence-corrected chi connectivity index (χ1v) is 5.13. The second-order valence-corrected chi connectivity index (χ2v) is 3.84. The van der Waals surface area contributed by atoms with E-state index >= 15 is 0 Å². The SMILES string of the molecule is FC(F)(F)c1ccc(-c2ccncc2)c(Cl)c1. The van der Waals surface area contributed by atoms with Gasteiger partial charge in [0.25, 0.3) is 0 Å². The molecule has 0 fully saturated rings. The maximum Gasteiger partial charge on any atom is 0.416 e. The van der Waals surface area contributed by atoms with Crippen LogP contribution in [0.25, 0.3) is 11.1 Å². The zero-order valence-corrected chi connectivity index (χ0v) is 9.26. The van der Waals surface area contributed by atoms with Crippen LogP contribution >= 0.6 is 11.6 Å². The molecule has 1 heterocycles. The Hall–Kier alpha value is -1.55. The lowest BCUT2D eigenvalue weighted by atomic mass is 10.0. The fraction of sp³-hybridized carbons (Fsp3) is 0.0833. The van der Waals surface area contributed by atoms with Gasteiger partial charge in [-0.25, -0.2) is 0 Å². The van der Waals surface area contributed by atoms with Gasteiger partial charge in [0, 0.05) is 23.0 Å². The summed E-state index contributed by atoms with van der Waals surface area (Å²) in [5.74, 6) is 0. The van der Waals surface area contributed by atoms with E-state index in [-0.39, 0.29) is 5.02 Å². The normalized spacial score (nSPS) is 11.5. The largest absolute Gasteiger partial charge is 0.416 e. The third-order valence-corrected chi connectivity index (χ3v) is 2.60. The summed E-state index contributed by atoms with van der Waals surface area (Å²) >= 11 is 5.85. The van der Waals surface area contributed by atoms with Crippen molar-refractivity contribution < 1.29 is 13.2 Å².